The predicted octanol–water partition coefficient (Wildman–Crippen LogP) is 3.95. The smallest absolute Gasteiger partial charge is 0.327 e. The van der Waals surface area contributed by atoms with E-state index in [0.717, 1.165) is 37.6 Å². The fraction of sp³-hybridized carbons (Fsp3) is 0.783. The second kappa shape index (κ2) is 11.5. The third-order valence-electron chi connectivity index (χ3n) is 6.71. The highest BCUT2D eigenvalue weighted by Gasteiger charge is 2.23. The Morgan fingerprint density at radius 3 is 2.55 bits per heavy atom. The molecule has 2 aromatic rings. The lowest BCUT2D eigenvalue weighted by molar-refractivity contribution is 0.121. The largest absolute Gasteiger partial charge is 0.463 e. The number of rotatable bonds is 12. The molecule has 0 unspecified atom stereocenters. The Morgan fingerprint density at radius 2 is 1.87 bits per heavy atom. The summed E-state index contributed by atoms with van der Waals surface area (Å²) in [5, 5.41) is 0. The first-order chi connectivity index (χ1) is 15.1. The van der Waals surface area contributed by atoms with Crippen molar-refractivity contribution in [3.05, 3.63) is 10.5 Å². The Bertz CT molecular complexity index is 865. The van der Waals surface area contributed by atoms with Gasteiger partial charge in [-0.05, 0) is 57.5 Å². The molecule has 3 N–H and O–H groups in total. The van der Waals surface area contributed by atoms with E-state index in [1.165, 1.54) is 45.2 Å². The van der Waals surface area contributed by atoms with Gasteiger partial charge < -0.3 is 20.4 Å². The zero-order valence-electron chi connectivity index (χ0n) is 19.5. The monoisotopic (exact) mass is 432 g/mol. The molecule has 1 aliphatic heterocycles. The van der Waals surface area contributed by atoms with Gasteiger partial charge in [0, 0.05) is 12.6 Å². The van der Waals surface area contributed by atoms with Crippen molar-refractivity contribution in [1.29, 1.82) is 0 Å². The number of hydrogen-bond acceptors (Lipinski definition) is 6. The van der Waals surface area contributed by atoms with Crippen molar-refractivity contribution in [2.45, 2.75) is 91.1 Å². The van der Waals surface area contributed by atoms with Crippen LogP contribution < -0.4 is 16.2 Å². The summed E-state index contributed by atoms with van der Waals surface area (Å²) < 4.78 is 7.29. The first-order valence-corrected chi connectivity index (χ1v) is 12.2. The summed E-state index contributed by atoms with van der Waals surface area (Å²) in [6, 6.07) is 0.996. The molecule has 3 heterocycles. The number of nitrogens with two attached hydrogens (primary N) is 1. The molecule has 2 aromatic heterocycles. The number of nitrogens with zero attached hydrogens (tertiary/aromatic N) is 4. The van der Waals surface area contributed by atoms with Gasteiger partial charge in [-0.2, -0.15) is 9.97 Å². The van der Waals surface area contributed by atoms with E-state index in [0.29, 0.717) is 24.3 Å². The molecule has 0 aliphatic carbocycles. The maximum atomic E-state index is 12.5. The number of H-pyrrole nitrogens is 1. The molecule has 1 fully saturated rings. The third-order valence-corrected chi connectivity index (χ3v) is 6.71. The number of nitrogen functional groups attached to an aromatic ring is 1. The van der Waals surface area contributed by atoms with E-state index in [4.69, 9.17) is 10.5 Å². The van der Waals surface area contributed by atoms with Crippen LogP contribution >= 0.6 is 0 Å². The van der Waals surface area contributed by atoms with Gasteiger partial charge in [-0.25, -0.2) is 4.79 Å². The van der Waals surface area contributed by atoms with E-state index in [9.17, 15) is 4.79 Å². The van der Waals surface area contributed by atoms with Gasteiger partial charge in [-0.3, -0.25) is 4.57 Å². The summed E-state index contributed by atoms with van der Waals surface area (Å²) in [7, 11) is 0. The summed E-state index contributed by atoms with van der Waals surface area (Å²) in [5.41, 5.74) is 6.89. The number of likely N-dealkylation sites (tertiary alicyclic amines) is 1. The van der Waals surface area contributed by atoms with Gasteiger partial charge in [0.15, 0.2) is 11.5 Å². The number of aromatic amines is 1. The standard InChI is InChI=1S/C23H40N6O2/c1-4-7-16-31-22-26-20(24)19-21(27-22)29(23(30)25-19)13-9-8-10-17-11-14-28(15-12-17)18(5-2)6-3/h17-18H,4-16H2,1-3H3,(H,25,30)(H2,24,26,27). The average molecular weight is 433 g/mol. The van der Waals surface area contributed by atoms with Crippen LogP contribution in [0.2, 0.25) is 0 Å². The van der Waals surface area contributed by atoms with Gasteiger partial charge in [-0.1, -0.05) is 40.0 Å². The molecule has 0 atom stereocenters. The van der Waals surface area contributed by atoms with Crippen LogP contribution in [0.4, 0.5) is 5.82 Å². The molecule has 8 heteroatoms. The van der Waals surface area contributed by atoms with Crippen LogP contribution in [0, 0.1) is 5.92 Å². The molecule has 31 heavy (non-hydrogen) atoms. The Hall–Kier alpha value is -2.09. The van der Waals surface area contributed by atoms with Crippen molar-refractivity contribution in [3.8, 4) is 6.01 Å². The SMILES string of the molecule is CCCCOc1nc(N)c2[nH]c(=O)n(CCCCC3CCN(C(CC)CC)CC3)c2n1. The highest BCUT2D eigenvalue weighted by atomic mass is 16.5. The van der Waals surface area contributed by atoms with Crippen LogP contribution in [0.25, 0.3) is 11.2 Å². The number of fused-ring (bicyclic) bond motifs is 1. The Balaban J connectivity index is 1.52. The van der Waals surface area contributed by atoms with Crippen molar-refractivity contribution in [2.24, 2.45) is 5.92 Å². The number of unbranched alkanes of at least 4 members (excludes halogenated alkanes) is 2. The summed E-state index contributed by atoms with van der Waals surface area (Å²) in [6.07, 6.45) is 10.4. The lowest BCUT2D eigenvalue weighted by Gasteiger charge is -2.37. The number of ether oxygens (including phenoxy) is 1. The van der Waals surface area contributed by atoms with Gasteiger partial charge >= 0.3 is 11.7 Å². The Morgan fingerprint density at radius 1 is 1.13 bits per heavy atom. The molecule has 1 aliphatic rings. The molecule has 8 nitrogen and oxygen atoms in total. The van der Waals surface area contributed by atoms with Gasteiger partial charge in [0.2, 0.25) is 0 Å². The normalized spacial score (nSPS) is 15.9. The van der Waals surface area contributed by atoms with Gasteiger partial charge in [-0.15, -0.1) is 0 Å². The van der Waals surface area contributed by atoms with Gasteiger partial charge in [0.05, 0.1) is 6.61 Å². The van der Waals surface area contributed by atoms with Crippen LogP contribution in [-0.2, 0) is 6.54 Å². The maximum absolute atomic E-state index is 12.5. The second-order valence-corrected chi connectivity index (χ2v) is 8.82. The van der Waals surface area contributed by atoms with Gasteiger partial charge in [0.25, 0.3) is 0 Å². The minimum Gasteiger partial charge on any atom is -0.463 e. The van der Waals surface area contributed by atoms with E-state index in [2.05, 4.69) is 40.6 Å². The lowest BCUT2D eigenvalue weighted by atomic mass is 9.90. The number of hydrogen-bond donors (Lipinski definition) is 2. The molecule has 0 radical (unpaired) electrons. The van der Waals surface area contributed by atoms with E-state index < -0.39 is 0 Å². The topological polar surface area (TPSA) is 102 Å². The Kier molecular flexibility index (Phi) is 8.75. The molecule has 0 saturated carbocycles. The first kappa shape index (κ1) is 23.6. The van der Waals surface area contributed by atoms with Crippen molar-refractivity contribution in [3.63, 3.8) is 0 Å². The number of aryl methyl sites for hydroxylation is 1. The summed E-state index contributed by atoms with van der Waals surface area (Å²) in [4.78, 5) is 26.6. The maximum Gasteiger partial charge on any atom is 0.327 e. The van der Waals surface area contributed by atoms with Crippen LogP contribution in [0.3, 0.4) is 0 Å². The molecule has 0 aromatic carbocycles. The number of imidazole rings is 1. The van der Waals surface area contributed by atoms with Crippen molar-refractivity contribution in [2.75, 3.05) is 25.4 Å². The highest BCUT2D eigenvalue weighted by molar-refractivity contribution is 5.81. The quantitative estimate of drug-likeness (QED) is 0.492. The molecular weight excluding hydrogens is 392 g/mol. The number of piperidine rings is 1. The zero-order chi connectivity index (χ0) is 22.2. The van der Waals surface area contributed by atoms with Crippen molar-refractivity contribution >= 4 is 17.0 Å². The van der Waals surface area contributed by atoms with E-state index in [-0.39, 0.29) is 17.5 Å². The molecule has 0 spiro atoms. The molecular formula is C23H40N6O2. The van der Waals surface area contributed by atoms with E-state index in [1.807, 2.05) is 0 Å². The van der Waals surface area contributed by atoms with Crippen molar-refractivity contribution < 1.29 is 4.74 Å². The molecule has 0 amide bonds. The molecule has 1 saturated heterocycles. The van der Waals surface area contributed by atoms with Crippen molar-refractivity contribution in [1.82, 2.24) is 24.4 Å². The van der Waals surface area contributed by atoms with Crippen LogP contribution in [0.5, 0.6) is 6.01 Å². The number of anilines is 1. The fourth-order valence-corrected chi connectivity index (χ4v) is 4.73. The number of aromatic nitrogens is 4. The molecule has 0 bridgehead atoms. The molecule has 174 valence electrons. The third kappa shape index (κ3) is 5.99. The van der Waals surface area contributed by atoms with Crippen LogP contribution in [0.1, 0.15) is 78.6 Å². The predicted molar refractivity (Wildman–Crippen MR) is 125 cm³/mol. The summed E-state index contributed by atoms with van der Waals surface area (Å²) in [6.45, 7) is 10.3. The lowest BCUT2D eigenvalue weighted by Crippen LogP contribution is -2.40. The van der Waals surface area contributed by atoms with Gasteiger partial charge in [0.1, 0.15) is 5.52 Å². The van der Waals surface area contributed by atoms with Crippen LogP contribution in [-0.4, -0.2) is 50.2 Å². The average Bonchev–Trinajstić information content (AvgIpc) is 3.09. The fourth-order valence-electron chi connectivity index (χ4n) is 4.73. The Labute approximate surface area is 185 Å². The minimum atomic E-state index is -0.180. The summed E-state index contributed by atoms with van der Waals surface area (Å²) >= 11 is 0. The number of nitrogens with one attached hydrogen (secondary N) is 1. The first-order valence-electron chi connectivity index (χ1n) is 12.2. The van der Waals surface area contributed by atoms with E-state index in [1.54, 1.807) is 4.57 Å². The molecule has 3 rings (SSSR count). The van der Waals surface area contributed by atoms with E-state index >= 15 is 0 Å². The second-order valence-electron chi connectivity index (χ2n) is 8.82. The highest BCUT2D eigenvalue weighted by Crippen LogP contribution is 2.25. The zero-order valence-corrected chi connectivity index (χ0v) is 19.5. The minimum absolute atomic E-state index is 0.180. The summed E-state index contributed by atoms with van der Waals surface area (Å²) in [5.74, 6) is 1.07. The van der Waals surface area contributed by atoms with Crippen LogP contribution in [0.15, 0.2) is 4.79 Å².